The molecule has 0 saturated heterocycles. The van der Waals surface area contributed by atoms with Crippen molar-refractivity contribution >= 4 is 22.1 Å². The molecule has 3 aromatic carbocycles. The van der Waals surface area contributed by atoms with Gasteiger partial charge in [-0.1, -0.05) is 30.3 Å². The van der Waals surface area contributed by atoms with Crippen molar-refractivity contribution in [2.75, 3.05) is 27.9 Å². The van der Waals surface area contributed by atoms with E-state index in [9.17, 15) is 17.6 Å². The average Bonchev–Trinajstić information content (AvgIpc) is 2.88. The van der Waals surface area contributed by atoms with Crippen LogP contribution in [0.1, 0.15) is 11.1 Å². The molecule has 1 amide bonds. The molecule has 0 bridgehead atoms. The zero-order chi connectivity index (χ0) is 26.1. The van der Waals surface area contributed by atoms with Crippen molar-refractivity contribution in [1.29, 1.82) is 0 Å². The van der Waals surface area contributed by atoms with E-state index in [2.05, 4.69) is 10.5 Å². The third kappa shape index (κ3) is 6.37. The van der Waals surface area contributed by atoms with E-state index in [4.69, 9.17) is 14.2 Å². The number of rotatable bonds is 11. The highest BCUT2D eigenvalue weighted by atomic mass is 32.2. The van der Waals surface area contributed by atoms with Crippen molar-refractivity contribution in [3.05, 3.63) is 83.7 Å². The molecule has 0 aliphatic rings. The Hall–Kier alpha value is -3.96. The molecule has 3 rings (SSSR count). The minimum Gasteiger partial charge on any atom is -0.493 e. The maximum Gasteiger partial charge on any atom is 0.255 e. The summed E-state index contributed by atoms with van der Waals surface area (Å²) in [5.41, 5.74) is 3.51. The van der Waals surface area contributed by atoms with Crippen LogP contribution < -0.4 is 19.6 Å². The third-order valence-corrected chi connectivity index (χ3v) is 6.91. The molecule has 0 atom stereocenters. The zero-order valence-electron chi connectivity index (χ0n) is 20.0. The summed E-state index contributed by atoms with van der Waals surface area (Å²) in [5, 5.41) is 3.94. The molecule has 9 nitrogen and oxygen atoms in total. The first-order valence-electron chi connectivity index (χ1n) is 10.7. The number of sulfonamides is 1. The van der Waals surface area contributed by atoms with Crippen LogP contribution in [0.2, 0.25) is 0 Å². The maximum atomic E-state index is 13.3. The third-order valence-electron chi connectivity index (χ3n) is 5.10. The molecular formula is C25H26FN3O6S. The number of halogens is 1. The normalized spacial score (nSPS) is 11.5. The van der Waals surface area contributed by atoms with Crippen LogP contribution in [0.4, 0.5) is 4.39 Å². The number of amides is 1. The molecular weight excluding hydrogens is 489 g/mol. The van der Waals surface area contributed by atoms with E-state index in [1.54, 1.807) is 42.5 Å². The van der Waals surface area contributed by atoms with Crippen molar-refractivity contribution in [3.8, 4) is 17.2 Å². The second-order valence-electron chi connectivity index (χ2n) is 7.43. The molecule has 0 saturated carbocycles. The molecule has 0 heterocycles. The van der Waals surface area contributed by atoms with Gasteiger partial charge in [-0.15, -0.1) is 0 Å². The largest absolute Gasteiger partial charge is 0.493 e. The van der Waals surface area contributed by atoms with Crippen LogP contribution in [-0.4, -0.2) is 52.7 Å². The first kappa shape index (κ1) is 26.6. The van der Waals surface area contributed by atoms with Crippen LogP contribution >= 0.6 is 0 Å². The average molecular weight is 516 g/mol. The molecule has 0 spiro atoms. The minimum absolute atomic E-state index is 0.0683. The molecule has 0 aliphatic carbocycles. The lowest BCUT2D eigenvalue weighted by molar-refractivity contribution is -0.121. The number of hydrogen-bond donors (Lipinski definition) is 1. The summed E-state index contributed by atoms with van der Waals surface area (Å²) < 4.78 is 56.8. The van der Waals surface area contributed by atoms with Crippen molar-refractivity contribution in [2.45, 2.75) is 11.4 Å². The second-order valence-corrected chi connectivity index (χ2v) is 9.37. The number of carbonyl (C=O) groups excluding carboxylic acids is 1. The molecule has 3 aromatic rings. The number of hydrogen-bond acceptors (Lipinski definition) is 7. The molecule has 36 heavy (non-hydrogen) atoms. The van der Waals surface area contributed by atoms with Crippen LogP contribution in [0.3, 0.4) is 0 Å². The predicted octanol–water partition coefficient (Wildman–Crippen LogP) is 3.19. The van der Waals surface area contributed by atoms with Crippen molar-refractivity contribution in [2.24, 2.45) is 5.10 Å². The minimum atomic E-state index is -4.11. The summed E-state index contributed by atoms with van der Waals surface area (Å²) in [7, 11) is 0.298. The summed E-state index contributed by atoms with van der Waals surface area (Å²) in [6, 6.07) is 16.5. The highest BCUT2D eigenvalue weighted by molar-refractivity contribution is 7.89. The highest BCUT2D eigenvalue weighted by Gasteiger charge is 2.27. The van der Waals surface area contributed by atoms with Crippen LogP contribution in [0, 0.1) is 5.82 Å². The quantitative estimate of drug-likeness (QED) is 0.311. The van der Waals surface area contributed by atoms with Gasteiger partial charge in [-0.05, 0) is 42.0 Å². The second kappa shape index (κ2) is 12.1. The summed E-state index contributed by atoms with van der Waals surface area (Å²) in [5.74, 6) is -0.0826. The smallest absolute Gasteiger partial charge is 0.255 e. The van der Waals surface area contributed by atoms with Crippen molar-refractivity contribution in [3.63, 3.8) is 0 Å². The number of nitrogens with zero attached hydrogens (tertiary/aromatic N) is 2. The van der Waals surface area contributed by atoms with Gasteiger partial charge >= 0.3 is 0 Å². The molecule has 0 aromatic heterocycles. The Morgan fingerprint density at radius 1 is 0.944 bits per heavy atom. The van der Waals surface area contributed by atoms with Crippen LogP contribution in [0.5, 0.6) is 17.2 Å². The van der Waals surface area contributed by atoms with Crippen LogP contribution in [-0.2, 0) is 21.4 Å². The molecule has 11 heteroatoms. The van der Waals surface area contributed by atoms with Gasteiger partial charge in [-0.2, -0.15) is 9.41 Å². The monoisotopic (exact) mass is 515 g/mol. The van der Waals surface area contributed by atoms with E-state index < -0.39 is 28.3 Å². The SMILES string of the molecule is COc1ccc(/C=N\NC(=O)CN(Cc2ccccc2)S(=O)(=O)c2ccc(F)cc2)c(OC)c1OC. The Kier molecular flexibility index (Phi) is 8.98. The van der Waals surface area contributed by atoms with E-state index >= 15 is 0 Å². The van der Waals surface area contributed by atoms with Gasteiger partial charge in [0.1, 0.15) is 5.82 Å². The molecule has 0 fully saturated rings. The van der Waals surface area contributed by atoms with Gasteiger partial charge in [0.15, 0.2) is 11.5 Å². The zero-order valence-corrected chi connectivity index (χ0v) is 20.8. The van der Waals surface area contributed by atoms with E-state index in [1.165, 1.54) is 27.5 Å². The number of methoxy groups -OCH3 is 3. The molecule has 0 unspecified atom stereocenters. The van der Waals surface area contributed by atoms with Gasteiger partial charge in [-0.25, -0.2) is 18.2 Å². The fourth-order valence-corrected chi connectivity index (χ4v) is 4.75. The fourth-order valence-electron chi connectivity index (χ4n) is 3.36. The van der Waals surface area contributed by atoms with Gasteiger partial charge in [0.25, 0.3) is 5.91 Å². The molecule has 0 aliphatic heterocycles. The van der Waals surface area contributed by atoms with Crippen molar-refractivity contribution < 1.29 is 31.8 Å². The van der Waals surface area contributed by atoms with Gasteiger partial charge < -0.3 is 14.2 Å². The lowest BCUT2D eigenvalue weighted by Gasteiger charge is -2.21. The first-order chi connectivity index (χ1) is 17.3. The van der Waals surface area contributed by atoms with Gasteiger partial charge in [0.05, 0.1) is 39.0 Å². The summed E-state index contributed by atoms with van der Waals surface area (Å²) >= 11 is 0. The maximum absolute atomic E-state index is 13.3. The Morgan fingerprint density at radius 3 is 2.22 bits per heavy atom. The Balaban J connectivity index is 1.80. The summed E-state index contributed by atoms with van der Waals surface area (Å²) in [4.78, 5) is 12.5. The Morgan fingerprint density at radius 2 is 1.61 bits per heavy atom. The molecule has 190 valence electrons. The standard InChI is InChI=1S/C25H26FN3O6S/c1-33-22-14-9-19(24(34-2)25(22)35-3)15-27-28-23(30)17-29(16-18-7-5-4-6-8-18)36(31,32)21-12-10-20(26)11-13-21/h4-15H,16-17H2,1-3H3,(H,28,30)/b27-15-. The Bertz CT molecular complexity index is 1320. The van der Waals surface area contributed by atoms with Gasteiger partial charge in [0, 0.05) is 12.1 Å². The van der Waals surface area contributed by atoms with Crippen molar-refractivity contribution in [1.82, 2.24) is 9.73 Å². The number of nitrogens with one attached hydrogen (secondary N) is 1. The van der Waals surface area contributed by atoms with E-state index in [-0.39, 0.29) is 11.4 Å². The van der Waals surface area contributed by atoms with E-state index in [0.29, 0.717) is 28.4 Å². The number of hydrazone groups is 1. The lowest BCUT2D eigenvalue weighted by Crippen LogP contribution is -2.39. The topological polar surface area (TPSA) is 107 Å². The van der Waals surface area contributed by atoms with Crippen LogP contribution in [0.15, 0.2) is 76.7 Å². The van der Waals surface area contributed by atoms with E-state index in [0.717, 1.165) is 28.6 Å². The van der Waals surface area contributed by atoms with Gasteiger partial charge in [-0.3, -0.25) is 4.79 Å². The number of carbonyl (C=O) groups is 1. The summed E-state index contributed by atoms with van der Waals surface area (Å²) in [6.07, 6.45) is 1.34. The number of ether oxygens (including phenoxy) is 3. The Labute approximate surface area is 209 Å². The van der Waals surface area contributed by atoms with Crippen LogP contribution in [0.25, 0.3) is 0 Å². The van der Waals surface area contributed by atoms with Gasteiger partial charge in [0.2, 0.25) is 15.8 Å². The highest BCUT2D eigenvalue weighted by Crippen LogP contribution is 2.38. The summed E-state index contributed by atoms with van der Waals surface area (Å²) in [6.45, 7) is -0.587. The predicted molar refractivity (Wildman–Crippen MR) is 132 cm³/mol. The lowest BCUT2D eigenvalue weighted by atomic mass is 10.2. The molecule has 0 radical (unpaired) electrons. The number of benzene rings is 3. The molecule has 1 N–H and O–H groups in total. The van der Waals surface area contributed by atoms with E-state index in [1.807, 2.05) is 0 Å². The fraction of sp³-hybridized carbons (Fsp3) is 0.200. The first-order valence-corrected chi connectivity index (χ1v) is 12.1.